The van der Waals surface area contributed by atoms with Gasteiger partial charge in [-0.1, -0.05) is 0 Å². The molecule has 0 radical (unpaired) electrons. The Kier molecular flexibility index (Phi) is 3.69. The van der Waals surface area contributed by atoms with E-state index in [2.05, 4.69) is 21.2 Å². The van der Waals surface area contributed by atoms with E-state index in [9.17, 15) is 9.50 Å². The van der Waals surface area contributed by atoms with Gasteiger partial charge in [0.05, 0.1) is 4.47 Å². The second kappa shape index (κ2) is 4.58. The summed E-state index contributed by atoms with van der Waals surface area (Å²) in [6, 6.07) is 2.60. The number of benzene rings is 1. The van der Waals surface area contributed by atoms with Crippen molar-refractivity contribution < 1.29 is 9.50 Å². The van der Waals surface area contributed by atoms with Crippen molar-refractivity contribution in [2.45, 2.75) is 6.42 Å². The second-order valence-corrected chi connectivity index (χ2v) is 3.51. The van der Waals surface area contributed by atoms with E-state index in [1.54, 1.807) is 7.05 Å². The monoisotopic (exact) mass is 247 g/mol. The van der Waals surface area contributed by atoms with E-state index in [0.29, 0.717) is 23.0 Å². The number of phenolic OH excluding ortho intramolecular Hbond substituents is 1. The molecule has 1 aromatic carbocycles. The number of rotatable bonds is 3. The average molecular weight is 248 g/mol. The highest BCUT2D eigenvalue weighted by Crippen LogP contribution is 2.29. The molecule has 72 valence electrons. The van der Waals surface area contributed by atoms with Crippen LogP contribution in [0.3, 0.4) is 0 Å². The van der Waals surface area contributed by atoms with Crippen molar-refractivity contribution in [1.82, 2.24) is 5.32 Å². The van der Waals surface area contributed by atoms with Crippen LogP contribution in [0, 0.1) is 5.82 Å². The van der Waals surface area contributed by atoms with E-state index >= 15 is 0 Å². The number of phenols is 1. The Morgan fingerprint density at radius 2 is 2.23 bits per heavy atom. The highest BCUT2D eigenvalue weighted by Gasteiger charge is 2.09. The molecule has 1 rings (SSSR count). The third-order valence-corrected chi connectivity index (χ3v) is 2.68. The zero-order chi connectivity index (χ0) is 9.84. The van der Waals surface area contributed by atoms with Gasteiger partial charge in [0.1, 0.15) is 11.6 Å². The van der Waals surface area contributed by atoms with E-state index < -0.39 is 0 Å². The highest BCUT2D eigenvalue weighted by atomic mass is 79.9. The lowest BCUT2D eigenvalue weighted by Crippen LogP contribution is -2.11. The number of hydrogen-bond donors (Lipinski definition) is 2. The summed E-state index contributed by atoms with van der Waals surface area (Å²) in [5.74, 6) is -0.215. The van der Waals surface area contributed by atoms with Crippen LogP contribution in [0.4, 0.5) is 4.39 Å². The molecule has 0 saturated carbocycles. The smallest absolute Gasteiger partial charge is 0.130 e. The van der Waals surface area contributed by atoms with Gasteiger partial charge in [-0.2, -0.15) is 0 Å². The first-order valence-corrected chi connectivity index (χ1v) is 4.76. The molecule has 13 heavy (non-hydrogen) atoms. The van der Waals surface area contributed by atoms with Crippen molar-refractivity contribution in [2.24, 2.45) is 0 Å². The van der Waals surface area contributed by atoms with E-state index in [1.807, 2.05) is 0 Å². The average Bonchev–Trinajstić information content (AvgIpc) is 2.12. The van der Waals surface area contributed by atoms with Crippen molar-refractivity contribution in [2.75, 3.05) is 13.6 Å². The first kappa shape index (κ1) is 10.5. The molecule has 0 aliphatic carbocycles. The first-order chi connectivity index (χ1) is 6.16. The third kappa shape index (κ3) is 2.42. The molecule has 0 fully saturated rings. The van der Waals surface area contributed by atoms with Gasteiger partial charge in [0.2, 0.25) is 0 Å². The Morgan fingerprint density at radius 1 is 1.54 bits per heavy atom. The SMILES string of the molecule is CNCCc1c(F)ccc(O)c1Br. The predicted molar refractivity (Wildman–Crippen MR) is 53.4 cm³/mol. The minimum absolute atomic E-state index is 0.0764. The molecule has 2 nitrogen and oxygen atoms in total. The maximum atomic E-state index is 13.2. The van der Waals surface area contributed by atoms with Crippen LogP contribution in [0.25, 0.3) is 0 Å². The van der Waals surface area contributed by atoms with Gasteiger partial charge < -0.3 is 10.4 Å². The summed E-state index contributed by atoms with van der Waals surface area (Å²) in [6.07, 6.45) is 0.553. The minimum atomic E-state index is -0.292. The van der Waals surface area contributed by atoms with Gasteiger partial charge in [-0.15, -0.1) is 0 Å². The topological polar surface area (TPSA) is 32.3 Å². The molecule has 4 heteroatoms. The number of hydrogen-bond acceptors (Lipinski definition) is 2. The van der Waals surface area contributed by atoms with Crippen LogP contribution in [-0.2, 0) is 6.42 Å². The van der Waals surface area contributed by atoms with Crippen LogP contribution < -0.4 is 5.32 Å². The van der Waals surface area contributed by atoms with Gasteiger partial charge in [-0.25, -0.2) is 4.39 Å². The lowest BCUT2D eigenvalue weighted by Gasteiger charge is -2.06. The molecular formula is C9H11BrFNO. The van der Waals surface area contributed by atoms with Crippen molar-refractivity contribution in [3.63, 3.8) is 0 Å². The summed E-state index contributed by atoms with van der Waals surface area (Å²) in [4.78, 5) is 0. The van der Waals surface area contributed by atoms with Crippen molar-refractivity contribution >= 4 is 15.9 Å². The summed E-state index contributed by atoms with van der Waals surface area (Å²) in [7, 11) is 1.80. The van der Waals surface area contributed by atoms with Crippen LogP contribution in [0.15, 0.2) is 16.6 Å². The molecule has 0 aromatic heterocycles. The Bertz CT molecular complexity index is 304. The lowest BCUT2D eigenvalue weighted by atomic mass is 10.1. The van der Waals surface area contributed by atoms with Crippen LogP contribution in [0.2, 0.25) is 0 Å². The Labute approximate surface area is 84.9 Å². The number of nitrogens with one attached hydrogen (secondary N) is 1. The fourth-order valence-electron chi connectivity index (χ4n) is 1.06. The molecule has 0 aliphatic rings. The van der Waals surface area contributed by atoms with Crippen LogP contribution in [0.1, 0.15) is 5.56 Å². The van der Waals surface area contributed by atoms with Gasteiger partial charge in [0, 0.05) is 5.56 Å². The van der Waals surface area contributed by atoms with Crippen molar-refractivity contribution in [1.29, 1.82) is 0 Å². The highest BCUT2D eigenvalue weighted by molar-refractivity contribution is 9.10. The molecule has 2 N–H and O–H groups in total. The summed E-state index contributed by atoms with van der Waals surface area (Å²) >= 11 is 3.14. The van der Waals surface area contributed by atoms with Gasteiger partial charge in [0.15, 0.2) is 0 Å². The molecule has 1 aromatic rings. The summed E-state index contributed by atoms with van der Waals surface area (Å²) in [5.41, 5.74) is 0.509. The standard InChI is InChI=1S/C9H11BrFNO/c1-12-5-4-6-7(11)2-3-8(13)9(6)10/h2-3,12-13H,4-5H2,1H3. The summed E-state index contributed by atoms with van der Waals surface area (Å²) in [6.45, 7) is 0.680. The quantitative estimate of drug-likeness (QED) is 0.858. The molecule has 0 unspecified atom stereocenters. The molecule has 0 spiro atoms. The van der Waals surface area contributed by atoms with Crippen molar-refractivity contribution in [3.8, 4) is 5.75 Å². The molecule has 0 bridgehead atoms. The molecule has 0 atom stereocenters. The van der Waals surface area contributed by atoms with Crippen molar-refractivity contribution in [3.05, 3.63) is 28.0 Å². The maximum absolute atomic E-state index is 13.2. The van der Waals surface area contributed by atoms with Gasteiger partial charge in [-0.05, 0) is 48.1 Å². The third-order valence-electron chi connectivity index (χ3n) is 1.79. The molecule has 0 saturated heterocycles. The molecule has 0 amide bonds. The Hall–Kier alpha value is -0.610. The zero-order valence-corrected chi connectivity index (χ0v) is 8.86. The summed E-state index contributed by atoms with van der Waals surface area (Å²) < 4.78 is 13.6. The second-order valence-electron chi connectivity index (χ2n) is 2.71. The number of halogens is 2. The predicted octanol–water partition coefficient (Wildman–Crippen LogP) is 2.06. The lowest BCUT2D eigenvalue weighted by molar-refractivity contribution is 0.467. The number of aromatic hydroxyl groups is 1. The van der Waals surface area contributed by atoms with Gasteiger partial charge in [-0.3, -0.25) is 0 Å². The number of likely N-dealkylation sites (N-methyl/N-ethyl adjacent to an activating group) is 1. The fourth-order valence-corrected chi connectivity index (χ4v) is 1.58. The van der Waals surface area contributed by atoms with Gasteiger partial charge >= 0.3 is 0 Å². The van der Waals surface area contributed by atoms with Gasteiger partial charge in [0.25, 0.3) is 0 Å². The van der Waals surface area contributed by atoms with Crippen LogP contribution in [-0.4, -0.2) is 18.7 Å². The van der Waals surface area contributed by atoms with E-state index in [1.165, 1.54) is 12.1 Å². The Balaban J connectivity index is 2.96. The largest absolute Gasteiger partial charge is 0.507 e. The summed E-state index contributed by atoms with van der Waals surface area (Å²) in [5, 5.41) is 12.2. The molecule has 0 aliphatic heterocycles. The fraction of sp³-hybridized carbons (Fsp3) is 0.333. The minimum Gasteiger partial charge on any atom is -0.507 e. The van der Waals surface area contributed by atoms with E-state index in [0.717, 1.165) is 0 Å². The van der Waals surface area contributed by atoms with E-state index in [4.69, 9.17) is 0 Å². The molecule has 0 heterocycles. The van der Waals surface area contributed by atoms with Crippen LogP contribution >= 0.6 is 15.9 Å². The molecular weight excluding hydrogens is 237 g/mol. The van der Waals surface area contributed by atoms with E-state index in [-0.39, 0.29) is 11.6 Å². The maximum Gasteiger partial charge on any atom is 0.130 e. The van der Waals surface area contributed by atoms with Crippen LogP contribution in [0.5, 0.6) is 5.75 Å². The normalized spacial score (nSPS) is 10.4. The zero-order valence-electron chi connectivity index (χ0n) is 7.27. The Morgan fingerprint density at radius 3 is 2.85 bits per heavy atom. The first-order valence-electron chi connectivity index (χ1n) is 3.97.